The van der Waals surface area contributed by atoms with Crippen molar-refractivity contribution in [2.45, 2.75) is 38.5 Å². The van der Waals surface area contributed by atoms with E-state index in [2.05, 4.69) is 22.5 Å². The zero-order chi connectivity index (χ0) is 24.5. The van der Waals surface area contributed by atoms with Crippen molar-refractivity contribution in [2.24, 2.45) is 5.92 Å². The smallest absolute Gasteiger partial charge is 0.227 e. The molecular weight excluding hydrogens is 462 g/mol. The number of rotatable bonds is 5. The van der Waals surface area contributed by atoms with Gasteiger partial charge in [-0.15, -0.1) is 0 Å². The van der Waals surface area contributed by atoms with Crippen molar-refractivity contribution in [3.05, 3.63) is 70.3 Å². The fraction of sp³-hybridized carbons (Fsp3) is 0.444. The van der Waals surface area contributed by atoms with E-state index < -0.39 is 0 Å². The third-order valence-electron chi connectivity index (χ3n) is 7.37. The van der Waals surface area contributed by atoms with Crippen LogP contribution in [0.15, 0.2) is 42.5 Å². The number of nitrogens with zero attached hydrogens (tertiary/aromatic N) is 4. The Labute approximate surface area is 211 Å². The molecular formula is C27H32ClN5O2. The van der Waals surface area contributed by atoms with Crippen molar-refractivity contribution >= 4 is 17.5 Å². The van der Waals surface area contributed by atoms with Gasteiger partial charge in [-0.3, -0.25) is 4.79 Å². The van der Waals surface area contributed by atoms with Crippen molar-refractivity contribution in [2.75, 3.05) is 33.3 Å². The molecule has 3 heterocycles. The summed E-state index contributed by atoms with van der Waals surface area (Å²) in [5, 5.41) is 8.84. The van der Waals surface area contributed by atoms with E-state index in [0.29, 0.717) is 0 Å². The fourth-order valence-electron chi connectivity index (χ4n) is 5.38. The van der Waals surface area contributed by atoms with Crippen LogP contribution in [0, 0.1) is 19.8 Å². The maximum absolute atomic E-state index is 13.5. The summed E-state index contributed by atoms with van der Waals surface area (Å²) in [7, 11) is 1.67. The van der Waals surface area contributed by atoms with Crippen LogP contribution in [0.4, 0.5) is 0 Å². The van der Waals surface area contributed by atoms with E-state index in [0.717, 1.165) is 72.7 Å². The first-order valence-corrected chi connectivity index (χ1v) is 12.7. The minimum absolute atomic E-state index is 0.0390. The number of methoxy groups -OCH3 is 1. The fourth-order valence-corrected chi connectivity index (χ4v) is 5.50. The summed E-state index contributed by atoms with van der Waals surface area (Å²) in [5.41, 5.74) is 3.17. The van der Waals surface area contributed by atoms with Crippen LogP contribution in [0.1, 0.15) is 47.5 Å². The highest BCUT2D eigenvalue weighted by atomic mass is 35.5. The molecule has 1 N–H and O–H groups in total. The first kappa shape index (κ1) is 23.8. The van der Waals surface area contributed by atoms with E-state index in [1.54, 1.807) is 7.11 Å². The number of amides is 1. The van der Waals surface area contributed by atoms with E-state index >= 15 is 0 Å². The van der Waals surface area contributed by atoms with Crippen LogP contribution in [0.25, 0.3) is 5.69 Å². The maximum atomic E-state index is 13.5. The lowest BCUT2D eigenvalue weighted by atomic mass is 9.87. The number of carbonyl (C=O) groups excluding carboxylic acids is 1. The molecule has 0 aliphatic carbocycles. The van der Waals surface area contributed by atoms with Crippen molar-refractivity contribution in [1.29, 1.82) is 0 Å². The van der Waals surface area contributed by atoms with Crippen LogP contribution >= 0.6 is 11.6 Å². The van der Waals surface area contributed by atoms with Gasteiger partial charge in [0.25, 0.3) is 0 Å². The molecule has 8 heteroatoms. The number of aryl methyl sites for hydroxylation is 2. The molecule has 0 unspecified atom stereocenters. The summed E-state index contributed by atoms with van der Waals surface area (Å²) in [6.07, 6.45) is 1.76. The van der Waals surface area contributed by atoms with Crippen LogP contribution in [-0.4, -0.2) is 58.9 Å². The molecule has 3 aromatic rings. The third-order valence-corrected chi connectivity index (χ3v) is 7.80. The van der Waals surface area contributed by atoms with Crippen LogP contribution < -0.4 is 10.1 Å². The molecule has 2 fully saturated rings. The summed E-state index contributed by atoms with van der Waals surface area (Å²) < 4.78 is 7.23. The second kappa shape index (κ2) is 9.99. The Morgan fingerprint density at radius 1 is 1.09 bits per heavy atom. The second-order valence-electron chi connectivity index (χ2n) is 9.61. The maximum Gasteiger partial charge on any atom is 0.227 e. The lowest BCUT2D eigenvalue weighted by Gasteiger charge is -2.34. The molecule has 2 aliphatic rings. The van der Waals surface area contributed by atoms with Crippen molar-refractivity contribution in [3.8, 4) is 11.4 Å². The SMILES string of the molecule is COc1ccc([C@@H]2CNC[C@H]2C(=O)N2CCC(c3nc(C)nn3-c3ccc(Cl)c(C)c3)CC2)cc1. The molecule has 0 bridgehead atoms. The summed E-state index contributed by atoms with van der Waals surface area (Å²) in [4.78, 5) is 20.3. The molecule has 5 rings (SSSR count). The van der Waals surface area contributed by atoms with Gasteiger partial charge < -0.3 is 15.0 Å². The number of likely N-dealkylation sites (tertiary alicyclic amines) is 1. The number of carbonyl (C=O) groups is 1. The minimum Gasteiger partial charge on any atom is -0.497 e. The average Bonchev–Trinajstić information content (AvgIpc) is 3.52. The number of piperidine rings is 1. The quantitative estimate of drug-likeness (QED) is 0.575. The Kier molecular flexibility index (Phi) is 6.80. The van der Waals surface area contributed by atoms with E-state index in [1.165, 1.54) is 5.56 Å². The van der Waals surface area contributed by atoms with Crippen molar-refractivity contribution in [3.63, 3.8) is 0 Å². The van der Waals surface area contributed by atoms with Gasteiger partial charge in [-0.05, 0) is 68.1 Å². The standard InChI is InChI=1S/C27H32ClN5O2/c1-17-14-21(6-9-25(17)28)33-26(30-18(2)31-33)20-10-12-32(13-11-20)27(34)24-16-29-15-23(24)19-4-7-22(35-3)8-5-19/h4-9,14,20,23-24,29H,10-13,15-16H2,1-3H3/t23-,24+/m0/s1. The first-order chi connectivity index (χ1) is 16.9. The Morgan fingerprint density at radius 3 is 2.51 bits per heavy atom. The summed E-state index contributed by atoms with van der Waals surface area (Å²) in [6, 6.07) is 14.0. The monoisotopic (exact) mass is 493 g/mol. The molecule has 2 aromatic carbocycles. The summed E-state index contributed by atoms with van der Waals surface area (Å²) in [6.45, 7) is 6.94. The van der Waals surface area contributed by atoms with E-state index in [-0.39, 0.29) is 23.7 Å². The number of hydrogen-bond donors (Lipinski definition) is 1. The molecule has 0 spiro atoms. The van der Waals surface area contributed by atoms with Gasteiger partial charge in [0, 0.05) is 43.0 Å². The van der Waals surface area contributed by atoms with Crippen LogP contribution in [0.3, 0.4) is 0 Å². The van der Waals surface area contributed by atoms with E-state index in [4.69, 9.17) is 21.3 Å². The zero-order valence-corrected chi connectivity index (χ0v) is 21.3. The molecule has 1 aromatic heterocycles. The van der Waals surface area contributed by atoms with E-state index in [1.807, 2.05) is 53.8 Å². The lowest BCUT2D eigenvalue weighted by molar-refractivity contribution is -0.136. The Balaban J connectivity index is 1.27. The van der Waals surface area contributed by atoms with Crippen LogP contribution in [0.2, 0.25) is 5.02 Å². The molecule has 0 radical (unpaired) electrons. The number of halogens is 1. The molecule has 2 saturated heterocycles. The van der Waals surface area contributed by atoms with Gasteiger partial charge in [-0.25, -0.2) is 9.67 Å². The first-order valence-electron chi connectivity index (χ1n) is 12.3. The van der Waals surface area contributed by atoms with E-state index in [9.17, 15) is 4.79 Å². The van der Waals surface area contributed by atoms with Gasteiger partial charge >= 0.3 is 0 Å². The predicted octanol–water partition coefficient (Wildman–Crippen LogP) is 4.26. The van der Waals surface area contributed by atoms with Gasteiger partial charge in [0.1, 0.15) is 17.4 Å². The third kappa shape index (κ3) is 4.80. The topological polar surface area (TPSA) is 72.3 Å². The molecule has 2 aliphatic heterocycles. The normalized spacial score (nSPS) is 20.9. The highest BCUT2D eigenvalue weighted by molar-refractivity contribution is 6.31. The summed E-state index contributed by atoms with van der Waals surface area (Å²) in [5.74, 6) is 3.21. The number of nitrogens with one attached hydrogen (secondary N) is 1. The Morgan fingerprint density at radius 2 is 1.83 bits per heavy atom. The predicted molar refractivity (Wildman–Crippen MR) is 136 cm³/mol. The van der Waals surface area contributed by atoms with Crippen molar-refractivity contribution < 1.29 is 9.53 Å². The number of ether oxygens (including phenoxy) is 1. The molecule has 35 heavy (non-hydrogen) atoms. The number of benzene rings is 2. The lowest BCUT2D eigenvalue weighted by Crippen LogP contribution is -2.43. The van der Waals surface area contributed by atoms with Gasteiger partial charge in [-0.1, -0.05) is 23.7 Å². The second-order valence-corrected chi connectivity index (χ2v) is 10.0. The molecule has 7 nitrogen and oxygen atoms in total. The molecule has 0 saturated carbocycles. The highest BCUT2D eigenvalue weighted by Gasteiger charge is 2.38. The Bertz CT molecular complexity index is 1200. The molecule has 1 amide bonds. The highest BCUT2D eigenvalue weighted by Crippen LogP contribution is 2.34. The van der Waals surface area contributed by atoms with Gasteiger partial charge in [0.05, 0.1) is 18.7 Å². The van der Waals surface area contributed by atoms with Crippen LogP contribution in [0.5, 0.6) is 5.75 Å². The van der Waals surface area contributed by atoms with Gasteiger partial charge in [0.2, 0.25) is 5.91 Å². The minimum atomic E-state index is -0.0390. The van der Waals surface area contributed by atoms with Gasteiger partial charge in [-0.2, -0.15) is 5.10 Å². The van der Waals surface area contributed by atoms with Gasteiger partial charge in [0.15, 0.2) is 0 Å². The van der Waals surface area contributed by atoms with Crippen molar-refractivity contribution in [1.82, 2.24) is 25.0 Å². The molecule has 2 atom stereocenters. The largest absolute Gasteiger partial charge is 0.497 e. The summed E-state index contributed by atoms with van der Waals surface area (Å²) >= 11 is 6.23. The number of aromatic nitrogens is 3. The number of hydrogen-bond acceptors (Lipinski definition) is 5. The Hall–Kier alpha value is -2.90. The zero-order valence-electron chi connectivity index (χ0n) is 20.5. The van der Waals surface area contributed by atoms with Crippen LogP contribution in [-0.2, 0) is 4.79 Å². The average molecular weight is 494 g/mol. The molecule has 184 valence electrons.